The predicted molar refractivity (Wildman–Crippen MR) is 59.7 cm³/mol. The Bertz CT molecular complexity index is 377. The lowest BCUT2D eigenvalue weighted by atomic mass is 9.95. The first-order valence-corrected chi connectivity index (χ1v) is 5.89. The summed E-state index contributed by atoms with van der Waals surface area (Å²) in [6.45, 7) is 3.31. The minimum atomic E-state index is -4.22. The molecule has 0 aromatic rings. The van der Waals surface area contributed by atoms with E-state index in [1.165, 1.54) is 13.8 Å². The highest BCUT2D eigenvalue weighted by molar-refractivity contribution is 5.85. The molecule has 0 unspecified atom stereocenters. The minimum Gasteiger partial charge on any atom is -0.354 e. The number of piperidine rings is 1. The van der Waals surface area contributed by atoms with Gasteiger partial charge in [-0.2, -0.15) is 13.2 Å². The zero-order valence-corrected chi connectivity index (χ0v) is 10.4. The first kappa shape index (κ1) is 13.6. The summed E-state index contributed by atoms with van der Waals surface area (Å²) in [5.41, 5.74) is 1.97. The second-order valence-electron chi connectivity index (χ2n) is 6.04. The van der Waals surface area contributed by atoms with E-state index in [0.717, 1.165) is 0 Å². The highest BCUT2D eigenvalue weighted by Crippen LogP contribution is 2.72. The fraction of sp³-hybridized carbons (Fsp3) is 0.909. The average molecular weight is 265 g/mol. The van der Waals surface area contributed by atoms with Gasteiger partial charge in [-0.1, -0.05) is 0 Å². The molecule has 2 aliphatic rings. The number of nitrogens with two attached hydrogens (primary N) is 1. The van der Waals surface area contributed by atoms with E-state index >= 15 is 0 Å². The molecule has 18 heavy (non-hydrogen) atoms. The van der Waals surface area contributed by atoms with Crippen molar-refractivity contribution in [2.45, 2.75) is 32.0 Å². The van der Waals surface area contributed by atoms with E-state index < -0.39 is 28.5 Å². The highest BCUT2D eigenvalue weighted by atomic mass is 19.4. The van der Waals surface area contributed by atoms with Crippen LogP contribution in [-0.4, -0.2) is 37.3 Å². The maximum Gasteiger partial charge on any atom is 0.396 e. The molecule has 7 heteroatoms. The van der Waals surface area contributed by atoms with Gasteiger partial charge in [-0.3, -0.25) is 4.79 Å². The van der Waals surface area contributed by atoms with Crippen molar-refractivity contribution in [2.75, 3.05) is 19.6 Å². The van der Waals surface area contributed by atoms with Crippen LogP contribution < -0.4 is 16.4 Å². The van der Waals surface area contributed by atoms with Crippen molar-refractivity contribution < 1.29 is 18.0 Å². The molecule has 104 valence electrons. The number of hydrogen-bond acceptors (Lipinski definition) is 3. The van der Waals surface area contributed by atoms with Gasteiger partial charge in [-0.25, -0.2) is 0 Å². The summed E-state index contributed by atoms with van der Waals surface area (Å²) in [7, 11) is 0. The molecule has 0 bridgehead atoms. The lowest BCUT2D eigenvalue weighted by Gasteiger charge is -2.23. The van der Waals surface area contributed by atoms with Crippen molar-refractivity contribution in [1.29, 1.82) is 0 Å². The van der Waals surface area contributed by atoms with Crippen LogP contribution in [0.2, 0.25) is 0 Å². The van der Waals surface area contributed by atoms with Crippen molar-refractivity contribution in [1.82, 2.24) is 10.6 Å². The van der Waals surface area contributed by atoms with Gasteiger partial charge >= 0.3 is 6.18 Å². The molecule has 2 atom stereocenters. The van der Waals surface area contributed by atoms with E-state index in [9.17, 15) is 18.0 Å². The second kappa shape index (κ2) is 3.60. The molecule has 4 N–H and O–H groups in total. The first-order valence-electron chi connectivity index (χ1n) is 5.89. The first-order chi connectivity index (χ1) is 8.04. The van der Waals surface area contributed by atoms with Crippen LogP contribution in [0.15, 0.2) is 0 Å². The maximum atomic E-state index is 13.0. The molecule has 1 saturated heterocycles. The molecule has 0 aromatic carbocycles. The summed E-state index contributed by atoms with van der Waals surface area (Å²) in [6, 6.07) is 0. The van der Waals surface area contributed by atoms with E-state index in [4.69, 9.17) is 5.73 Å². The monoisotopic (exact) mass is 265 g/mol. The molecule has 1 aliphatic heterocycles. The molecule has 1 heterocycles. The Labute approximate surface area is 103 Å². The molecule has 2 fully saturated rings. The Hall–Kier alpha value is -0.820. The minimum absolute atomic E-state index is 0.0268. The second-order valence-corrected chi connectivity index (χ2v) is 6.04. The Morgan fingerprint density at radius 1 is 1.39 bits per heavy atom. The highest BCUT2D eigenvalue weighted by Gasteiger charge is 2.81. The Morgan fingerprint density at radius 2 is 2.00 bits per heavy atom. The van der Waals surface area contributed by atoms with Crippen LogP contribution in [0, 0.1) is 10.8 Å². The lowest BCUT2D eigenvalue weighted by Crippen LogP contribution is -2.51. The van der Waals surface area contributed by atoms with Gasteiger partial charge in [0.15, 0.2) is 0 Å². The molecule has 0 spiro atoms. The third-order valence-electron chi connectivity index (χ3n) is 4.14. The van der Waals surface area contributed by atoms with Crippen molar-refractivity contribution >= 4 is 5.91 Å². The van der Waals surface area contributed by atoms with E-state index in [-0.39, 0.29) is 26.1 Å². The summed E-state index contributed by atoms with van der Waals surface area (Å²) >= 11 is 0. The molecule has 0 radical (unpaired) electrons. The van der Waals surface area contributed by atoms with Crippen molar-refractivity contribution in [3.05, 3.63) is 0 Å². The Morgan fingerprint density at radius 3 is 2.44 bits per heavy atom. The number of amides is 1. The lowest BCUT2D eigenvalue weighted by molar-refractivity contribution is -0.190. The average Bonchev–Trinajstić information content (AvgIpc) is 2.72. The molecule has 1 amide bonds. The zero-order valence-electron chi connectivity index (χ0n) is 10.4. The van der Waals surface area contributed by atoms with Crippen LogP contribution in [0.1, 0.15) is 20.3 Å². The van der Waals surface area contributed by atoms with Crippen LogP contribution in [-0.2, 0) is 4.79 Å². The van der Waals surface area contributed by atoms with E-state index in [1.54, 1.807) is 0 Å². The van der Waals surface area contributed by atoms with Crippen LogP contribution in [0.25, 0.3) is 0 Å². The number of hydrogen-bond donors (Lipinski definition) is 3. The summed E-state index contributed by atoms with van der Waals surface area (Å²) in [6.07, 6.45) is -4.14. The number of fused-ring (bicyclic) bond motifs is 1. The van der Waals surface area contributed by atoms with Gasteiger partial charge in [0.05, 0.1) is 11.0 Å². The third kappa shape index (κ3) is 1.80. The van der Waals surface area contributed by atoms with E-state index in [0.29, 0.717) is 0 Å². The third-order valence-corrected chi connectivity index (χ3v) is 4.14. The fourth-order valence-corrected chi connectivity index (χ4v) is 2.80. The largest absolute Gasteiger partial charge is 0.396 e. The SMILES string of the molecule is CC(C)(N)C(=O)NC[C@@]12CNC[C@]1(C(F)(F)F)C2. The molecule has 1 aliphatic carbocycles. The molecular weight excluding hydrogens is 247 g/mol. The predicted octanol–water partition coefficient (Wildman–Crippen LogP) is 0.382. The van der Waals surface area contributed by atoms with Gasteiger partial charge in [0.2, 0.25) is 5.91 Å². The van der Waals surface area contributed by atoms with Gasteiger partial charge in [0.1, 0.15) is 0 Å². The Balaban J connectivity index is 2.02. The molecule has 2 rings (SSSR count). The van der Waals surface area contributed by atoms with Crippen molar-refractivity contribution in [3.8, 4) is 0 Å². The standard InChI is InChI=1S/C11H18F3N3O/c1-8(2,15)7(18)17-5-9-3-10(9,6-16-4-9)11(12,13)14/h16H,3-6,15H2,1-2H3,(H,17,18)/t9-,10-/m1/s1. The van der Waals surface area contributed by atoms with Crippen LogP contribution in [0.5, 0.6) is 0 Å². The van der Waals surface area contributed by atoms with E-state index in [2.05, 4.69) is 10.6 Å². The zero-order chi connectivity index (χ0) is 13.8. The number of carbonyl (C=O) groups is 1. The quantitative estimate of drug-likeness (QED) is 0.691. The maximum absolute atomic E-state index is 13.0. The summed E-state index contributed by atoms with van der Waals surface area (Å²) < 4.78 is 39.0. The fourth-order valence-electron chi connectivity index (χ4n) is 2.80. The van der Waals surface area contributed by atoms with Crippen LogP contribution >= 0.6 is 0 Å². The van der Waals surface area contributed by atoms with Crippen molar-refractivity contribution in [2.24, 2.45) is 16.6 Å². The molecular formula is C11H18F3N3O. The number of carbonyl (C=O) groups excluding carboxylic acids is 1. The summed E-state index contributed by atoms with van der Waals surface area (Å²) in [5, 5.41) is 5.31. The van der Waals surface area contributed by atoms with Crippen molar-refractivity contribution in [3.63, 3.8) is 0 Å². The number of rotatable bonds is 3. The molecule has 4 nitrogen and oxygen atoms in total. The Kier molecular flexibility index (Phi) is 2.72. The van der Waals surface area contributed by atoms with Gasteiger partial charge in [-0.15, -0.1) is 0 Å². The van der Waals surface area contributed by atoms with Gasteiger partial charge in [0, 0.05) is 25.0 Å². The molecule has 0 aromatic heterocycles. The van der Waals surface area contributed by atoms with Crippen LogP contribution in [0.3, 0.4) is 0 Å². The smallest absolute Gasteiger partial charge is 0.354 e. The van der Waals surface area contributed by atoms with Crippen LogP contribution in [0.4, 0.5) is 13.2 Å². The number of alkyl halides is 3. The van der Waals surface area contributed by atoms with Gasteiger partial charge < -0.3 is 16.4 Å². The molecule has 1 saturated carbocycles. The van der Waals surface area contributed by atoms with Gasteiger partial charge in [-0.05, 0) is 20.3 Å². The number of nitrogens with one attached hydrogen (secondary N) is 2. The van der Waals surface area contributed by atoms with E-state index in [1.807, 2.05) is 0 Å². The number of halogens is 3. The summed E-state index contributed by atoms with van der Waals surface area (Å²) in [5.74, 6) is -0.424. The topological polar surface area (TPSA) is 67.2 Å². The normalized spacial score (nSPS) is 35.2. The van der Waals surface area contributed by atoms with Gasteiger partial charge in [0.25, 0.3) is 0 Å². The summed E-state index contributed by atoms with van der Waals surface area (Å²) in [4.78, 5) is 11.6.